The summed E-state index contributed by atoms with van der Waals surface area (Å²) in [5.41, 5.74) is 1.64. The number of benzene rings is 2. The second-order valence-electron chi connectivity index (χ2n) is 4.80. The molecular weight excluding hydrogens is 291 g/mol. The highest BCUT2D eigenvalue weighted by Crippen LogP contribution is 2.39. The maximum atomic E-state index is 13.8. The molecule has 2 aromatic rings. The number of nitro groups is 1. The summed E-state index contributed by atoms with van der Waals surface area (Å²) in [6.45, 7) is 0. The Morgan fingerprint density at radius 3 is 2.90 bits per heavy atom. The Kier molecular flexibility index (Phi) is 3.79. The molecule has 0 radical (unpaired) electrons. The summed E-state index contributed by atoms with van der Waals surface area (Å²) in [6, 6.07) is 11.4. The van der Waals surface area contributed by atoms with Gasteiger partial charge < -0.3 is 5.32 Å². The lowest BCUT2D eigenvalue weighted by Crippen LogP contribution is -2.16. The molecule has 0 saturated heterocycles. The van der Waals surface area contributed by atoms with E-state index >= 15 is 0 Å². The zero-order valence-electron chi connectivity index (χ0n) is 11.1. The minimum Gasteiger partial charge on any atom is -0.378 e. The molecule has 1 N–H and O–H groups in total. The van der Waals surface area contributed by atoms with Crippen molar-refractivity contribution in [1.29, 1.82) is 0 Å². The first-order valence-corrected chi connectivity index (χ1v) is 7.56. The number of hydrogen-bond acceptors (Lipinski definition) is 4. The lowest BCUT2D eigenvalue weighted by molar-refractivity contribution is -0.384. The molecule has 108 valence electrons. The molecule has 0 amide bonds. The molecule has 21 heavy (non-hydrogen) atoms. The third kappa shape index (κ3) is 2.85. The zero-order valence-corrected chi connectivity index (χ0v) is 11.9. The van der Waals surface area contributed by atoms with Gasteiger partial charge in [0.2, 0.25) is 0 Å². The van der Waals surface area contributed by atoms with Crippen molar-refractivity contribution in [2.75, 3.05) is 11.1 Å². The number of nitrogens with one attached hydrogen (secondary N) is 1. The van der Waals surface area contributed by atoms with Crippen LogP contribution in [0.4, 0.5) is 15.8 Å². The van der Waals surface area contributed by atoms with Crippen LogP contribution >= 0.6 is 11.8 Å². The molecular formula is C15H13FN2O2S. The molecule has 6 heteroatoms. The molecule has 1 aliphatic rings. The van der Waals surface area contributed by atoms with Crippen molar-refractivity contribution in [2.24, 2.45) is 0 Å². The minimum atomic E-state index is -0.421. The first-order chi connectivity index (χ1) is 10.1. The van der Waals surface area contributed by atoms with Crippen molar-refractivity contribution in [3.63, 3.8) is 0 Å². The lowest BCUT2D eigenvalue weighted by atomic mass is 10.0. The van der Waals surface area contributed by atoms with Gasteiger partial charge in [-0.2, -0.15) is 0 Å². The second kappa shape index (κ2) is 5.73. The summed E-state index contributed by atoms with van der Waals surface area (Å²) in [7, 11) is 0. The standard InChI is InChI=1S/C15H13FN2O2S/c16-13-6-2-5-12-14(7-8-21-15(12)13)17-10-3-1-4-11(9-10)18(19)20/h1-6,9,14,17H,7-8H2. The maximum absolute atomic E-state index is 13.8. The molecule has 1 atom stereocenters. The Labute approximate surface area is 125 Å². The zero-order chi connectivity index (χ0) is 14.8. The van der Waals surface area contributed by atoms with E-state index < -0.39 is 4.92 Å². The number of anilines is 1. The van der Waals surface area contributed by atoms with E-state index in [1.54, 1.807) is 18.2 Å². The summed E-state index contributed by atoms with van der Waals surface area (Å²) >= 11 is 1.51. The van der Waals surface area contributed by atoms with Gasteiger partial charge in [0, 0.05) is 28.5 Å². The number of fused-ring (bicyclic) bond motifs is 1. The Hall–Kier alpha value is -2.08. The van der Waals surface area contributed by atoms with Crippen LogP contribution < -0.4 is 5.32 Å². The van der Waals surface area contributed by atoms with E-state index in [1.165, 1.54) is 30.0 Å². The third-order valence-electron chi connectivity index (χ3n) is 3.42. The predicted octanol–water partition coefficient (Wildman–Crippen LogP) is 4.38. The second-order valence-corrected chi connectivity index (χ2v) is 5.90. The average molecular weight is 304 g/mol. The maximum Gasteiger partial charge on any atom is 0.271 e. The van der Waals surface area contributed by atoms with Crippen LogP contribution in [0, 0.1) is 15.9 Å². The number of halogens is 1. The molecule has 0 aromatic heterocycles. The molecule has 0 aliphatic carbocycles. The molecule has 3 rings (SSSR count). The molecule has 0 spiro atoms. The molecule has 1 heterocycles. The Morgan fingerprint density at radius 1 is 1.29 bits per heavy atom. The van der Waals surface area contributed by atoms with Crippen LogP contribution in [0.1, 0.15) is 18.0 Å². The van der Waals surface area contributed by atoms with Gasteiger partial charge >= 0.3 is 0 Å². The number of thioether (sulfide) groups is 1. The van der Waals surface area contributed by atoms with Gasteiger partial charge in [0.1, 0.15) is 5.82 Å². The Morgan fingerprint density at radius 2 is 2.10 bits per heavy atom. The van der Waals surface area contributed by atoms with Gasteiger partial charge in [0.05, 0.1) is 11.0 Å². The first-order valence-electron chi connectivity index (χ1n) is 6.57. The van der Waals surface area contributed by atoms with Crippen molar-refractivity contribution >= 4 is 23.1 Å². The highest BCUT2D eigenvalue weighted by molar-refractivity contribution is 7.99. The number of nitrogens with zero attached hydrogens (tertiary/aromatic N) is 1. The predicted molar refractivity (Wildman–Crippen MR) is 81.2 cm³/mol. The van der Waals surface area contributed by atoms with Gasteiger partial charge in [-0.05, 0) is 24.1 Å². The van der Waals surface area contributed by atoms with E-state index in [0.717, 1.165) is 17.7 Å². The van der Waals surface area contributed by atoms with Crippen LogP contribution in [0.25, 0.3) is 0 Å². The van der Waals surface area contributed by atoms with Crippen LogP contribution in [-0.4, -0.2) is 10.7 Å². The molecule has 0 saturated carbocycles. The fourth-order valence-electron chi connectivity index (χ4n) is 2.45. The number of non-ortho nitro benzene ring substituents is 1. The highest BCUT2D eigenvalue weighted by Gasteiger charge is 2.23. The van der Waals surface area contributed by atoms with Crippen LogP contribution in [-0.2, 0) is 0 Å². The third-order valence-corrected chi connectivity index (χ3v) is 4.58. The Balaban J connectivity index is 1.89. The van der Waals surface area contributed by atoms with Crippen LogP contribution in [0.3, 0.4) is 0 Å². The number of rotatable bonds is 3. The van der Waals surface area contributed by atoms with Gasteiger partial charge in [-0.15, -0.1) is 11.8 Å². The van der Waals surface area contributed by atoms with Crippen molar-refractivity contribution in [2.45, 2.75) is 17.4 Å². The summed E-state index contributed by atoms with van der Waals surface area (Å²) in [5, 5.41) is 14.1. The molecule has 1 unspecified atom stereocenters. The number of nitro benzene ring substituents is 1. The van der Waals surface area contributed by atoms with E-state index in [0.29, 0.717) is 10.6 Å². The fourth-order valence-corrected chi connectivity index (χ4v) is 3.59. The van der Waals surface area contributed by atoms with Gasteiger partial charge in [0.25, 0.3) is 5.69 Å². The first kappa shape index (κ1) is 13.9. The Bertz CT molecular complexity index is 693. The highest BCUT2D eigenvalue weighted by atomic mass is 32.2. The summed E-state index contributed by atoms with van der Waals surface area (Å²) < 4.78 is 13.8. The van der Waals surface area contributed by atoms with Crippen molar-refractivity contribution in [3.8, 4) is 0 Å². The van der Waals surface area contributed by atoms with Crippen molar-refractivity contribution < 1.29 is 9.31 Å². The normalized spacial score (nSPS) is 17.1. The summed E-state index contributed by atoms with van der Waals surface area (Å²) in [5.74, 6) is 0.614. The van der Waals surface area contributed by atoms with Crippen LogP contribution in [0.15, 0.2) is 47.4 Å². The van der Waals surface area contributed by atoms with E-state index in [-0.39, 0.29) is 17.5 Å². The van der Waals surface area contributed by atoms with E-state index in [4.69, 9.17) is 0 Å². The molecule has 4 nitrogen and oxygen atoms in total. The quantitative estimate of drug-likeness (QED) is 0.675. The van der Waals surface area contributed by atoms with Crippen LogP contribution in [0.2, 0.25) is 0 Å². The number of hydrogen-bond donors (Lipinski definition) is 1. The monoisotopic (exact) mass is 304 g/mol. The van der Waals surface area contributed by atoms with E-state index in [2.05, 4.69) is 5.32 Å². The van der Waals surface area contributed by atoms with Gasteiger partial charge in [-0.25, -0.2) is 4.39 Å². The topological polar surface area (TPSA) is 55.2 Å². The smallest absolute Gasteiger partial charge is 0.271 e. The SMILES string of the molecule is O=[N+]([O-])c1cccc(NC2CCSc3c(F)cccc32)c1. The van der Waals surface area contributed by atoms with Crippen LogP contribution in [0.5, 0.6) is 0 Å². The molecule has 0 bridgehead atoms. The lowest BCUT2D eigenvalue weighted by Gasteiger charge is -2.27. The fraction of sp³-hybridized carbons (Fsp3) is 0.200. The largest absolute Gasteiger partial charge is 0.378 e. The minimum absolute atomic E-state index is 0.0287. The molecule has 2 aromatic carbocycles. The summed E-state index contributed by atoms with van der Waals surface area (Å²) in [4.78, 5) is 11.1. The summed E-state index contributed by atoms with van der Waals surface area (Å²) in [6.07, 6.45) is 0.851. The van der Waals surface area contributed by atoms with E-state index in [9.17, 15) is 14.5 Å². The van der Waals surface area contributed by atoms with Gasteiger partial charge in [-0.3, -0.25) is 10.1 Å². The van der Waals surface area contributed by atoms with Crippen molar-refractivity contribution in [3.05, 3.63) is 64.0 Å². The average Bonchev–Trinajstić information content (AvgIpc) is 2.49. The van der Waals surface area contributed by atoms with Crippen molar-refractivity contribution in [1.82, 2.24) is 0 Å². The van der Waals surface area contributed by atoms with E-state index in [1.807, 2.05) is 6.07 Å². The molecule has 0 fully saturated rings. The van der Waals surface area contributed by atoms with Gasteiger partial charge in [0.15, 0.2) is 0 Å². The molecule has 1 aliphatic heterocycles. The van der Waals surface area contributed by atoms with Gasteiger partial charge in [-0.1, -0.05) is 18.2 Å².